The quantitative estimate of drug-likeness (QED) is 0.0261. The maximum absolute atomic E-state index is 12.8. The lowest BCUT2D eigenvalue weighted by Gasteiger charge is -2.18. The summed E-state index contributed by atoms with van der Waals surface area (Å²) in [6, 6.07) is 0. The molecule has 0 N–H and O–H groups in total. The third-order valence-corrected chi connectivity index (χ3v) is 14.0. The Morgan fingerprint density at radius 3 is 0.808 bits per heavy atom. The van der Waals surface area contributed by atoms with E-state index in [9.17, 15) is 14.4 Å². The minimum absolute atomic E-state index is 0.0762. The van der Waals surface area contributed by atoms with Crippen LogP contribution in [0.5, 0.6) is 0 Å². The van der Waals surface area contributed by atoms with E-state index in [0.29, 0.717) is 19.3 Å². The summed E-state index contributed by atoms with van der Waals surface area (Å²) in [5, 5.41) is 0. The average molecular weight is 1020 g/mol. The van der Waals surface area contributed by atoms with Gasteiger partial charge < -0.3 is 14.2 Å². The number of carbonyl (C=O) groups excluding carboxylic acids is 3. The maximum atomic E-state index is 12.8. The Morgan fingerprint density at radius 2 is 0.507 bits per heavy atom. The van der Waals surface area contributed by atoms with Crippen LogP contribution in [-0.2, 0) is 28.6 Å². The fourth-order valence-corrected chi connectivity index (χ4v) is 9.17. The summed E-state index contributed by atoms with van der Waals surface area (Å²) in [5.41, 5.74) is 0. The number of ether oxygens (including phenoxy) is 3. The van der Waals surface area contributed by atoms with Crippen molar-refractivity contribution in [3.63, 3.8) is 0 Å². The van der Waals surface area contributed by atoms with Crippen LogP contribution in [0.15, 0.2) is 60.8 Å². The van der Waals surface area contributed by atoms with E-state index >= 15 is 0 Å². The summed E-state index contributed by atoms with van der Waals surface area (Å²) in [6.45, 7) is 6.59. The van der Waals surface area contributed by atoms with Crippen LogP contribution in [0.1, 0.15) is 329 Å². The van der Waals surface area contributed by atoms with E-state index in [1.807, 2.05) is 0 Å². The molecule has 0 fully saturated rings. The molecular formula is C67H120O6. The van der Waals surface area contributed by atoms with E-state index < -0.39 is 6.10 Å². The van der Waals surface area contributed by atoms with Gasteiger partial charge in [-0.3, -0.25) is 14.4 Å². The van der Waals surface area contributed by atoms with Crippen molar-refractivity contribution < 1.29 is 28.6 Å². The van der Waals surface area contributed by atoms with Gasteiger partial charge in [-0.25, -0.2) is 0 Å². The van der Waals surface area contributed by atoms with E-state index in [1.165, 1.54) is 193 Å². The zero-order chi connectivity index (χ0) is 52.9. The molecule has 0 heterocycles. The Balaban J connectivity index is 4.10. The minimum atomic E-state index is -0.778. The topological polar surface area (TPSA) is 78.9 Å². The van der Waals surface area contributed by atoms with E-state index in [4.69, 9.17) is 14.2 Å². The first-order valence-electron chi connectivity index (χ1n) is 31.8. The summed E-state index contributed by atoms with van der Waals surface area (Å²) >= 11 is 0. The van der Waals surface area contributed by atoms with Crippen molar-refractivity contribution in [1.29, 1.82) is 0 Å². The molecule has 0 aromatic carbocycles. The molecule has 0 aromatic rings. The van der Waals surface area contributed by atoms with Crippen molar-refractivity contribution in [2.45, 2.75) is 335 Å². The number of hydrogen-bond acceptors (Lipinski definition) is 6. The van der Waals surface area contributed by atoms with Crippen LogP contribution in [0.2, 0.25) is 0 Å². The molecule has 1 atom stereocenters. The highest BCUT2D eigenvalue weighted by Gasteiger charge is 2.19. The molecule has 0 bridgehead atoms. The second-order valence-electron chi connectivity index (χ2n) is 21.3. The van der Waals surface area contributed by atoms with Gasteiger partial charge in [0.25, 0.3) is 0 Å². The normalized spacial score (nSPS) is 12.4. The van der Waals surface area contributed by atoms with Crippen LogP contribution < -0.4 is 0 Å². The second kappa shape index (κ2) is 61.7. The summed E-state index contributed by atoms with van der Waals surface area (Å²) < 4.78 is 16.9. The van der Waals surface area contributed by atoms with Crippen LogP contribution in [0.4, 0.5) is 0 Å². The summed E-state index contributed by atoms with van der Waals surface area (Å²) in [7, 11) is 0. The van der Waals surface area contributed by atoms with Gasteiger partial charge in [0, 0.05) is 19.3 Å². The van der Waals surface area contributed by atoms with Crippen molar-refractivity contribution in [2.75, 3.05) is 13.2 Å². The molecule has 73 heavy (non-hydrogen) atoms. The molecular weight excluding hydrogens is 901 g/mol. The standard InChI is InChI=1S/C67H120O6/c1-4-7-10-13-16-19-22-24-26-27-28-29-30-31-32-33-34-35-36-37-38-39-40-41-42-44-45-48-51-54-57-60-66(69)72-63-64(62-71-65(68)59-56-53-50-47-21-18-15-12-9-6-3)73-67(70)61-58-55-52-49-46-43-25-23-20-17-14-11-8-5-2/h14,17,22-25,27-28,30-31,64H,4-13,15-16,18-21,26,29,32-63H2,1-3H3/b17-14-,24-22-,25-23-,28-27-,31-30-. The predicted octanol–water partition coefficient (Wildman–Crippen LogP) is 21.6. The highest BCUT2D eigenvalue weighted by atomic mass is 16.6. The van der Waals surface area contributed by atoms with Gasteiger partial charge in [0.15, 0.2) is 6.10 Å². The predicted molar refractivity (Wildman–Crippen MR) is 316 cm³/mol. The first-order chi connectivity index (χ1) is 36.0. The van der Waals surface area contributed by atoms with E-state index in [-0.39, 0.29) is 31.1 Å². The highest BCUT2D eigenvalue weighted by Crippen LogP contribution is 2.17. The number of carbonyl (C=O) groups is 3. The van der Waals surface area contributed by atoms with E-state index in [2.05, 4.69) is 81.5 Å². The first-order valence-corrected chi connectivity index (χ1v) is 31.8. The molecule has 0 radical (unpaired) electrons. The fraction of sp³-hybridized carbons (Fsp3) is 0.806. The maximum Gasteiger partial charge on any atom is 0.306 e. The van der Waals surface area contributed by atoms with E-state index in [0.717, 1.165) is 96.3 Å². The number of allylic oxidation sites excluding steroid dienone is 10. The zero-order valence-electron chi connectivity index (χ0n) is 48.7. The number of esters is 3. The van der Waals surface area contributed by atoms with Gasteiger partial charge in [-0.15, -0.1) is 0 Å². The monoisotopic (exact) mass is 1020 g/mol. The fourth-order valence-electron chi connectivity index (χ4n) is 9.17. The molecule has 0 spiro atoms. The van der Waals surface area contributed by atoms with Crippen LogP contribution in [0, 0.1) is 0 Å². The van der Waals surface area contributed by atoms with Gasteiger partial charge in [-0.05, 0) is 83.5 Å². The van der Waals surface area contributed by atoms with Crippen LogP contribution in [0.3, 0.4) is 0 Å². The first kappa shape index (κ1) is 70.1. The molecule has 0 aliphatic carbocycles. The lowest BCUT2D eigenvalue weighted by atomic mass is 10.0. The highest BCUT2D eigenvalue weighted by molar-refractivity contribution is 5.71. The van der Waals surface area contributed by atoms with Gasteiger partial charge in [-0.1, -0.05) is 287 Å². The Bertz CT molecular complexity index is 1310. The summed E-state index contributed by atoms with van der Waals surface area (Å²) in [6.07, 6.45) is 78.2. The molecule has 0 amide bonds. The molecule has 0 aliphatic rings. The van der Waals surface area contributed by atoms with Crippen LogP contribution in [0.25, 0.3) is 0 Å². The molecule has 1 unspecified atom stereocenters. The van der Waals surface area contributed by atoms with Crippen molar-refractivity contribution in [2.24, 2.45) is 0 Å². The van der Waals surface area contributed by atoms with Crippen LogP contribution >= 0.6 is 0 Å². The van der Waals surface area contributed by atoms with Crippen LogP contribution in [-0.4, -0.2) is 37.2 Å². The second-order valence-corrected chi connectivity index (χ2v) is 21.3. The summed E-state index contributed by atoms with van der Waals surface area (Å²) in [4.78, 5) is 38.1. The van der Waals surface area contributed by atoms with Gasteiger partial charge in [0.05, 0.1) is 0 Å². The van der Waals surface area contributed by atoms with Gasteiger partial charge >= 0.3 is 17.9 Å². The smallest absolute Gasteiger partial charge is 0.306 e. The Labute approximate surface area is 453 Å². The van der Waals surface area contributed by atoms with Crippen molar-refractivity contribution in [3.05, 3.63) is 60.8 Å². The SMILES string of the molecule is CCCC/C=C\C/C=C\CCCCCCCC(=O)OC(COC(=O)CCCCCCCCCCCC)COC(=O)CCCCCCCCCCCCCCCCCC/C=C\C/C=C\C/C=C\CCCCCCC. The molecule has 6 nitrogen and oxygen atoms in total. The molecule has 0 aromatic heterocycles. The molecule has 0 saturated carbocycles. The largest absolute Gasteiger partial charge is 0.462 e. The molecule has 0 rings (SSSR count). The molecule has 6 heteroatoms. The lowest BCUT2D eigenvalue weighted by molar-refractivity contribution is -0.167. The van der Waals surface area contributed by atoms with Gasteiger partial charge in [-0.2, -0.15) is 0 Å². The lowest BCUT2D eigenvalue weighted by Crippen LogP contribution is -2.30. The van der Waals surface area contributed by atoms with Crippen molar-refractivity contribution >= 4 is 17.9 Å². The Hall–Kier alpha value is -2.89. The molecule has 424 valence electrons. The average Bonchev–Trinajstić information content (AvgIpc) is 3.39. The minimum Gasteiger partial charge on any atom is -0.462 e. The van der Waals surface area contributed by atoms with Gasteiger partial charge in [0.1, 0.15) is 13.2 Å². The zero-order valence-corrected chi connectivity index (χ0v) is 48.7. The third-order valence-electron chi connectivity index (χ3n) is 14.0. The molecule has 0 saturated heterocycles. The number of hydrogen-bond donors (Lipinski definition) is 0. The Morgan fingerprint density at radius 1 is 0.274 bits per heavy atom. The Kier molecular flexibility index (Phi) is 59.2. The number of rotatable bonds is 58. The van der Waals surface area contributed by atoms with Crippen molar-refractivity contribution in [1.82, 2.24) is 0 Å². The summed E-state index contributed by atoms with van der Waals surface area (Å²) in [5.74, 6) is -0.878. The van der Waals surface area contributed by atoms with E-state index in [1.54, 1.807) is 0 Å². The number of unbranched alkanes of at least 4 members (excludes halogenated alkanes) is 37. The molecule has 0 aliphatic heterocycles. The van der Waals surface area contributed by atoms with Crippen molar-refractivity contribution in [3.8, 4) is 0 Å². The third kappa shape index (κ3) is 59.9. The van der Waals surface area contributed by atoms with Gasteiger partial charge in [0.2, 0.25) is 0 Å².